The molecule has 8 aromatic heterocycles. The first-order chi connectivity index (χ1) is 57.6. The fourth-order valence-corrected chi connectivity index (χ4v) is 14.7. The number of halogens is 28. The number of hydrogen-bond acceptors (Lipinski definition) is 16. The summed E-state index contributed by atoms with van der Waals surface area (Å²) in [6.45, 7) is 29.5. The van der Waals surface area contributed by atoms with Crippen molar-refractivity contribution in [2.75, 3.05) is 0 Å². The molecule has 0 atom stereocenters. The average Bonchev–Trinajstić information content (AvgIpc) is 1.39. The summed E-state index contributed by atoms with van der Waals surface area (Å²) < 4.78 is 470. The van der Waals surface area contributed by atoms with Gasteiger partial charge in [-0.15, -0.1) is 0 Å². The molecule has 36 nitrogen and oxygen atoms in total. The number of imidazole rings is 8. The van der Waals surface area contributed by atoms with Crippen LogP contribution in [0.3, 0.4) is 0 Å². The van der Waals surface area contributed by atoms with Crippen molar-refractivity contribution in [3.8, 4) is 0 Å². The van der Waals surface area contributed by atoms with Crippen molar-refractivity contribution < 1.29 is 291 Å². The number of rotatable bonds is 28. The molecule has 0 fully saturated rings. The molecule has 0 aliphatic carbocycles. The van der Waals surface area contributed by atoms with Crippen molar-refractivity contribution in [1.29, 1.82) is 0 Å². The predicted octanol–water partition coefficient (Wildman–Crippen LogP) is -3.76. The number of unbranched alkanes of at least 4 members (excludes halogenated alkanes) is 4. The van der Waals surface area contributed by atoms with E-state index < -0.39 is 124 Å². The van der Waals surface area contributed by atoms with Gasteiger partial charge in [-0.25, -0.2) is 104 Å². The van der Waals surface area contributed by atoms with Crippen molar-refractivity contribution in [2.24, 2.45) is 28.2 Å². The molecule has 8 heterocycles. The van der Waals surface area contributed by atoms with Crippen LogP contribution in [-0.4, -0.2) is 148 Å². The van der Waals surface area contributed by atoms with Crippen LogP contribution < -0.4 is 118 Å². The highest BCUT2D eigenvalue weighted by atomic mass is 127. The van der Waals surface area contributed by atoms with E-state index in [2.05, 4.69) is 165 Å². The molecule has 0 spiro atoms. The molecule has 0 saturated carbocycles. The number of aromatic nitrogens is 16. The van der Waals surface area contributed by atoms with Crippen LogP contribution in [0.15, 0.2) is 176 Å². The van der Waals surface area contributed by atoms with Crippen LogP contribution in [0.4, 0.5) is 105 Å². The number of nitrogens with zero attached hydrogens (tertiary/aromatic N) is 20. The first kappa shape index (κ1) is 131. The normalized spacial score (nSPS) is 12.5. The molecule has 0 radical (unpaired) electrons. The second kappa shape index (κ2) is 52.4. The molecule has 72 heteroatoms. The second-order valence-corrected chi connectivity index (χ2v) is 38.6. The minimum Gasteiger partial charge on any atom is -1.00 e. The predicted molar refractivity (Wildman–Crippen MR) is 392 cm³/mol. The molecule has 0 aliphatic rings. The fourth-order valence-electron chi connectivity index (χ4n) is 7.88. The van der Waals surface area contributed by atoms with Gasteiger partial charge in [-0.05, 0) is 52.0 Å². The van der Waals surface area contributed by atoms with E-state index in [1.54, 1.807) is 0 Å². The molecule has 0 amide bonds. The lowest BCUT2D eigenvalue weighted by molar-refractivity contribution is -0.697. The van der Waals surface area contributed by atoms with Gasteiger partial charge < -0.3 is 98.4 Å². The van der Waals surface area contributed by atoms with Gasteiger partial charge in [-0.1, -0.05) is 53.4 Å². The van der Waals surface area contributed by atoms with Crippen molar-refractivity contribution in [1.82, 2.24) is 36.5 Å². The van der Waals surface area contributed by atoms with E-state index in [0.29, 0.717) is 0 Å². The highest BCUT2D eigenvalue weighted by Crippen LogP contribution is 2.40. The highest BCUT2D eigenvalue weighted by Gasteiger charge is 2.51. The van der Waals surface area contributed by atoms with Crippen molar-refractivity contribution in [3.63, 3.8) is 0 Å². The Morgan fingerprint density at radius 1 is 0.242 bits per heavy atom. The minimum absolute atomic E-state index is 0. The molecule has 0 unspecified atom stereocenters. The Bertz CT molecular complexity index is 5130. The summed E-state index contributed by atoms with van der Waals surface area (Å²) in [5, 5.41) is 0. The molecular formula is C60H80Br2F24I2N20O16S8. The zero-order chi connectivity index (χ0) is 99.8. The third kappa shape index (κ3) is 41.8. The molecule has 0 N–H and O–H groups in total. The number of hydrogen-bond donors (Lipinski definition) is 0. The number of aryl methyl sites for hydroxylation is 8. The van der Waals surface area contributed by atoms with Crippen LogP contribution in [-0.2, 0) is 135 Å². The Labute approximate surface area is 795 Å². The van der Waals surface area contributed by atoms with Gasteiger partial charge in [0.2, 0.25) is 0 Å². The van der Waals surface area contributed by atoms with Crippen LogP contribution in [0.1, 0.15) is 79.1 Å². The maximum Gasteiger partial charge on any atom is 0.480 e. The van der Waals surface area contributed by atoms with E-state index in [1.807, 2.05) is 140 Å². The van der Waals surface area contributed by atoms with E-state index in [1.165, 1.54) is 51.4 Å². The average molecular weight is 2460 g/mol. The maximum absolute atomic E-state index is 11.4. The highest BCUT2D eigenvalue weighted by molar-refractivity contribution is 8.14. The topological polar surface area (TPSA) is 400 Å². The molecule has 0 aromatic carbocycles. The van der Waals surface area contributed by atoms with Gasteiger partial charge in [-0.3, -0.25) is 0 Å². The van der Waals surface area contributed by atoms with Crippen LogP contribution >= 0.6 is 0 Å². The summed E-state index contributed by atoms with van der Waals surface area (Å²) >= 11 is 0. The van der Waals surface area contributed by atoms with Crippen molar-refractivity contribution in [3.05, 3.63) is 216 Å². The second-order valence-electron chi connectivity index (χ2n) is 24.9. The molecular weight excluding hydrogens is 2380 g/mol. The van der Waals surface area contributed by atoms with Crippen molar-refractivity contribution >= 4 is 80.2 Å². The summed E-state index contributed by atoms with van der Waals surface area (Å²) in [5.41, 5.74) is -49.6. The Kier molecular flexibility index (Phi) is 52.0. The van der Waals surface area contributed by atoms with E-state index in [-0.39, 0.29) is 81.9 Å². The van der Waals surface area contributed by atoms with Gasteiger partial charge >= 0.3 is 44.1 Å². The summed E-state index contributed by atoms with van der Waals surface area (Å²) in [6, 6.07) is 0. The van der Waals surface area contributed by atoms with Gasteiger partial charge in [-0.2, -0.15) is 142 Å². The van der Waals surface area contributed by atoms with E-state index in [4.69, 9.17) is 0 Å². The SMILES string of the molecule is C=C(n1cc[n+](C)c1)n1cc[n+](C)c1.C=C(n1cc[n+](C)c1)n1cc[n+](C)c1.C=C(n1cc[n+](CCCC)c1)n1cc[n+](CCCC)c1.C=C(n1cc[n+](CCCC)c1)n1cc[n+](CCCC)c1.O=S(=O)([N-]S(=O)(=O)C(F)(F)F)C(F)(F)F.O=S(=O)([N-]S(=O)(=O)C(F)(F)F)C(F)(F)F.O=S(=O)([N-]S(=O)(=O)C(F)(F)F)C(F)(F)F.O=S(=O)([N-]S(=O)(=O)C(F)(F)F)C(F)(F)F.[Br-].[Br-].[I-].[I-]. The zero-order valence-electron chi connectivity index (χ0n) is 68.5. The van der Waals surface area contributed by atoms with E-state index >= 15 is 0 Å². The third-order valence-electron chi connectivity index (χ3n) is 14.4. The first-order valence-corrected chi connectivity index (χ1v) is 45.8. The third-order valence-corrected chi connectivity index (χ3v) is 25.4. The van der Waals surface area contributed by atoms with Crippen LogP contribution in [0.5, 0.6) is 0 Å². The van der Waals surface area contributed by atoms with E-state index in [9.17, 15) is 173 Å². The maximum atomic E-state index is 11.4. The van der Waals surface area contributed by atoms with E-state index in [0.717, 1.165) is 66.0 Å². The molecule has 132 heavy (non-hydrogen) atoms. The Morgan fingerprint density at radius 2 is 0.356 bits per heavy atom. The minimum atomic E-state index is -6.72. The molecule has 0 aliphatic heterocycles. The van der Waals surface area contributed by atoms with Crippen LogP contribution in [0, 0.1) is 23.3 Å². The Balaban J connectivity index is -0.000000709. The zero-order valence-corrected chi connectivity index (χ0v) is 82.5. The summed E-state index contributed by atoms with van der Waals surface area (Å²) in [6.07, 6.45) is 58.5. The summed E-state index contributed by atoms with van der Waals surface area (Å²) in [5.74, 6) is 3.73. The van der Waals surface area contributed by atoms with Gasteiger partial charge in [0, 0.05) is 0 Å². The lowest BCUT2D eigenvalue weighted by Gasteiger charge is -2.22. The lowest BCUT2D eigenvalue weighted by Crippen LogP contribution is -3.00. The Hall–Kier alpha value is -7.18. The van der Waals surface area contributed by atoms with Gasteiger partial charge in [0.15, 0.2) is 80.2 Å². The first-order valence-electron chi connectivity index (χ1n) is 34.3. The van der Waals surface area contributed by atoms with Gasteiger partial charge in [0.05, 0.1) is 54.4 Å². The molecule has 8 aromatic rings. The van der Waals surface area contributed by atoms with Gasteiger partial charge in [0.1, 0.15) is 99.1 Å². The lowest BCUT2D eigenvalue weighted by atomic mass is 10.3. The van der Waals surface area contributed by atoms with Crippen LogP contribution in [0.25, 0.3) is 16.5 Å². The Morgan fingerprint density at radius 3 is 0.455 bits per heavy atom. The quantitative estimate of drug-likeness (QED) is 0.0258. The fraction of sp³-hybridized carbons (Fsp3) is 0.467. The standard InChI is InChI=1S/2C16H26N4.2C10H14N4.4C2F6NO4S2.2BrH.2HI/c2*1-4-6-8-17-10-12-19(14-17)16(3)20-13-11-18(15-20)9-7-5-2;2*1-10(13-6-4-11(2)8-13)14-7-5-12(3)9-14;4*3-1(4,5)14(10,11)9-15(12,13)2(6,7)8;;;;/h2*10-15H,3-9H2,1-2H3;2*4-9H,1H2,2-3H3;;;;;4*1H/q4*+2;4*-1;;;;/p-4. The molecule has 760 valence electrons. The summed E-state index contributed by atoms with van der Waals surface area (Å²) in [7, 11) is -45.8. The molecule has 8 rings (SSSR count). The largest absolute Gasteiger partial charge is 1.00 e. The summed E-state index contributed by atoms with van der Waals surface area (Å²) in [4.78, 5) is 0. The van der Waals surface area contributed by atoms with Crippen molar-refractivity contribution in [2.45, 2.75) is 149 Å². The molecule has 0 bridgehead atoms. The van der Waals surface area contributed by atoms with Gasteiger partial charge in [0.25, 0.3) is 73.9 Å². The number of sulfonamides is 8. The molecule has 0 saturated heterocycles. The van der Waals surface area contributed by atoms with Crippen LogP contribution in [0.2, 0.25) is 0 Å². The number of alkyl halides is 24. The smallest absolute Gasteiger partial charge is 0.480 e. The monoisotopic (exact) mass is 2460 g/mol.